The molecule has 0 saturated carbocycles. The summed E-state index contributed by atoms with van der Waals surface area (Å²) in [5.74, 6) is 2.52. The molecule has 0 unspecified atom stereocenters. The SMILES string of the molecule is CC(C)(C)c1ccnc(-n2c3[c-]c(Oc4cn(-c5ccc(C(C)(C)C)cc5-c5ccccc5)c(-c5cc(C(C)(C)C)cc(C(C)(C)C)c5O)n4)ccc3c3ccccc32)c1.[Pt]. The van der Waals surface area contributed by atoms with Gasteiger partial charge in [-0.2, -0.15) is 11.1 Å². The molecule has 0 aliphatic rings. The fraction of sp³-hybridized carbons (Fsp3) is 0.296. The number of hydrogen-bond donors (Lipinski definition) is 1. The van der Waals surface area contributed by atoms with Gasteiger partial charge in [-0.3, -0.25) is 4.57 Å². The van der Waals surface area contributed by atoms with Crippen molar-refractivity contribution in [3.05, 3.63) is 150 Å². The number of para-hydroxylation sites is 1. The molecule has 8 aromatic rings. The fourth-order valence-corrected chi connectivity index (χ4v) is 7.94. The number of hydrogen-bond acceptors (Lipinski definition) is 4. The van der Waals surface area contributed by atoms with Gasteiger partial charge in [0.25, 0.3) is 0 Å². The Bertz CT molecular complexity index is 2890. The first-order valence-corrected chi connectivity index (χ1v) is 21.0. The Labute approximate surface area is 375 Å². The van der Waals surface area contributed by atoms with Crippen LogP contribution in [0.5, 0.6) is 17.4 Å². The summed E-state index contributed by atoms with van der Waals surface area (Å²) in [6.07, 6.45) is 3.83. The topological polar surface area (TPSA) is 65.1 Å². The van der Waals surface area contributed by atoms with Crippen LogP contribution >= 0.6 is 0 Å². The van der Waals surface area contributed by atoms with Crippen LogP contribution in [-0.4, -0.2) is 24.2 Å². The van der Waals surface area contributed by atoms with Gasteiger partial charge >= 0.3 is 0 Å². The Balaban J connectivity index is 0.00000561. The number of aromatic nitrogens is 4. The molecule has 7 heteroatoms. The molecule has 0 spiro atoms. The van der Waals surface area contributed by atoms with E-state index in [-0.39, 0.29) is 48.5 Å². The Morgan fingerprint density at radius 2 is 1.25 bits per heavy atom. The Morgan fingerprint density at radius 3 is 1.92 bits per heavy atom. The molecule has 0 fully saturated rings. The number of phenols is 1. The summed E-state index contributed by atoms with van der Waals surface area (Å²) in [7, 11) is 0. The van der Waals surface area contributed by atoms with Crippen LogP contribution < -0.4 is 4.74 Å². The van der Waals surface area contributed by atoms with Gasteiger partial charge in [0.2, 0.25) is 5.88 Å². The average Bonchev–Trinajstić information content (AvgIpc) is 3.75. The van der Waals surface area contributed by atoms with E-state index in [4.69, 9.17) is 14.7 Å². The molecule has 0 atom stereocenters. The molecule has 0 amide bonds. The van der Waals surface area contributed by atoms with Crippen LogP contribution in [0.25, 0.3) is 55.8 Å². The fourth-order valence-electron chi connectivity index (χ4n) is 7.94. The maximum Gasteiger partial charge on any atom is 0.236 e. The molecule has 0 radical (unpaired) electrons. The molecule has 0 aliphatic carbocycles. The molecule has 61 heavy (non-hydrogen) atoms. The Kier molecular flexibility index (Phi) is 11.3. The standard InChI is InChI=1S/C54H57N4O2.Pt/c1-51(2,3)35-22-25-44(41(28-35)34-18-14-13-15-19-34)57-33-48(56-50(57)42-29-37(53(7,8)9)30-43(49(42)59)54(10,11)12)60-38-23-24-40-39-20-16-17-21-45(39)58(46(40)32-38)47-31-36(26-27-55-47)52(4,5)6;/h13-31,33,59H,1-12H3;/q-1;. The molecule has 8 rings (SSSR count). The van der Waals surface area contributed by atoms with Crippen molar-refractivity contribution in [2.45, 2.75) is 105 Å². The van der Waals surface area contributed by atoms with Crippen molar-refractivity contribution in [1.82, 2.24) is 19.1 Å². The van der Waals surface area contributed by atoms with Crippen LogP contribution in [0.15, 0.2) is 122 Å². The van der Waals surface area contributed by atoms with Gasteiger partial charge in [-0.05, 0) is 85.7 Å². The molecular weight excluding hydrogens is 932 g/mol. The maximum absolute atomic E-state index is 12.3. The van der Waals surface area contributed by atoms with Crippen molar-refractivity contribution in [1.29, 1.82) is 0 Å². The molecule has 6 nitrogen and oxygen atoms in total. The monoisotopic (exact) mass is 988 g/mol. The van der Waals surface area contributed by atoms with Crippen LogP contribution in [0.1, 0.15) is 105 Å². The minimum Gasteiger partial charge on any atom is -0.507 e. The normalized spacial score (nSPS) is 12.5. The third-order valence-corrected chi connectivity index (χ3v) is 11.5. The number of pyridine rings is 1. The second-order valence-corrected chi connectivity index (χ2v) is 20.2. The molecule has 5 aromatic carbocycles. The summed E-state index contributed by atoms with van der Waals surface area (Å²) in [5.41, 5.74) is 9.36. The van der Waals surface area contributed by atoms with Crippen LogP contribution in [0.4, 0.5) is 0 Å². The second kappa shape index (κ2) is 15.8. The van der Waals surface area contributed by atoms with E-state index in [0.29, 0.717) is 23.0 Å². The first-order valence-electron chi connectivity index (χ1n) is 21.0. The van der Waals surface area contributed by atoms with Gasteiger partial charge in [0.05, 0.1) is 17.4 Å². The summed E-state index contributed by atoms with van der Waals surface area (Å²) >= 11 is 0. The average molecular weight is 989 g/mol. The Hall–Kier alpha value is -5.45. The van der Waals surface area contributed by atoms with Crippen molar-refractivity contribution < 1.29 is 30.9 Å². The number of aromatic hydroxyl groups is 1. The van der Waals surface area contributed by atoms with E-state index in [0.717, 1.165) is 55.6 Å². The molecule has 316 valence electrons. The van der Waals surface area contributed by atoms with E-state index in [2.05, 4.69) is 195 Å². The summed E-state index contributed by atoms with van der Waals surface area (Å²) in [6.45, 7) is 26.4. The number of ether oxygens (including phenoxy) is 1. The molecule has 3 heterocycles. The van der Waals surface area contributed by atoms with Gasteiger partial charge in [-0.1, -0.05) is 149 Å². The van der Waals surface area contributed by atoms with Crippen LogP contribution in [0.3, 0.4) is 0 Å². The smallest absolute Gasteiger partial charge is 0.236 e. The number of rotatable bonds is 6. The van der Waals surface area contributed by atoms with Crippen molar-refractivity contribution >= 4 is 21.8 Å². The predicted octanol–water partition coefficient (Wildman–Crippen LogP) is 14.2. The van der Waals surface area contributed by atoms with Crippen LogP contribution in [0.2, 0.25) is 0 Å². The van der Waals surface area contributed by atoms with E-state index < -0.39 is 0 Å². The quantitative estimate of drug-likeness (QED) is 0.169. The number of phenolic OH excluding ortho intramolecular Hbond substituents is 1. The van der Waals surface area contributed by atoms with E-state index in [1.54, 1.807) is 0 Å². The van der Waals surface area contributed by atoms with Crippen LogP contribution in [0, 0.1) is 6.07 Å². The molecule has 3 aromatic heterocycles. The minimum atomic E-state index is -0.329. The first-order chi connectivity index (χ1) is 28.2. The van der Waals surface area contributed by atoms with Gasteiger partial charge in [0, 0.05) is 49.7 Å². The molecule has 0 saturated heterocycles. The van der Waals surface area contributed by atoms with Gasteiger partial charge in [0.15, 0.2) is 5.82 Å². The largest absolute Gasteiger partial charge is 0.507 e. The minimum absolute atomic E-state index is 0. The zero-order chi connectivity index (χ0) is 42.9. The van der Waals surface area contributed by atoms with Gasteiger partial charge in [-0.25, -0.2) is 4.98 Å². The summed E-state index contributed by atoms with van der Waals surface area (Å²) in [5, 5.41) is 14.4. The van der Waals surface area contributed by atoms with Crippen molar-refractivity contribution in [3.8, 4) is 51.4 Å². The van der Waals surface area contributed by atoms with Crippen molar-refractivity contribution in [3.63, 3.8) is 0 Å². The second-order valence-electron chi connectivity index (χ2n) is 20.2. The van der Waals surface area contributed by atoms with E-state index in [1.165, 1.54) is 11.1 Å². The molecule has 0 aliphatic heterocycles. The van der Waals surface area contributed by atoms with Crippen LogP contribution in [-0.2, 0) is 42.7 Å². The third kappa shape index (κ3) is 8.45. The number of benzene rings is 5. The zero-order valence-corrected chi connectivity index (χ0v) is 39.8. The maximum atomic E-state index is 12.3. The number of nitrogens with zero attached hydrogens (tertiary/aromatic N) is 4. The van der Waals surface area contributed by atoms with Gasteiger partial charge < -0.3 is 14.4 Å². The number of imidazole rings is 1. The predicted molar refractivity (Wildman–Crippen MR) is 248 cm³/mol. The van der Waals surface area contributed by atoms with Gasteiger partial charge in [0.1, 0.15) is 11.6 Å². The van der Waals surface area contributed by atoms with E-state index in [9.17, 15) is 5.11 Å². The first kappa shape index (κ1) is 43.6. The molecule has 0 bridgehead atoms. The van der Waals surface area contributed by atoms with Gasteiger partial charge in [-0.15, -0.1) is 17.5 Å². The number of fused-ring (bicyclic) bond motifs is 3. The Morgan fingerprint density at radius 1 is 0.607 bits per heavy atom. The third-order valence-electron chi connectivity index (χ3n) is 11.5. The van der Waals surface area contributed by atoms with Crippen molar-refractivity contribution in [2.75, 3.05) is 0 Å². The van der Waals surface area contributed by atoms with Crippen molar-refractivity contribution in [2.24, 2.45) is 0 Å². The zero-order valence-electron chi connectivity index (χ0n) is 37.5. The summed E-state index contributed by atoms with van der Waals surface area (Å²) < 4.78 is 11.0. The summed E-state index contributed by atoms with van der Waals surface area (Å²) in [6, 6.07) is 41.7. The molecule has 1 N–H and O–H groups in total. The van der Waals surface area contributed by atoms with E-state index >= 15 is 0 Å². The summed E-state index contributed by atoms with van der Waals surface area (Å²) in [4.78, 5) is 10.1. The molecular formula is C54H57N4O2Pt-. The van der Waals surface area contributed by atoms with E-state index in [1.807, 2.05) is 24.5 Å².